The van der Waals surface area contributed by atoms with Gasteiger partial charge < -0.3 is 14.5 Å². The van der Waals surface area contributed by atoms with Gasteiger partial charge in [0.2, 0.25) is 5.91 Å². The Bertz CT molecular complexity index is 910. The summed E-state index contributed by atoms with van der Waals surface area (Å²) in [5.74, 6) is 1.69. The van der Waals surface area contributed by atoms with Crippen LogP contribution in [0.25, 0.3) is 11.3 Å². The van der Waals surface area contributed by atoms with Crippen molar-refractivity contribution in [2.45, 2.75) is 18.8 Å². The third-order valence-electron chi connectivity index (χ3n) is 5.92. The third kappa shape index (κ3) is 3.42. The van der Waals surface area contributed by atoms with E-state index in [0.29, 0.717) is 24.8 Å². The maximum atomic E-state index is 12.5. The molecule has 1 aromatic carbocycles. The number of aryl methyl sites for hydroxylation is 1. The van der Waals surface area contributed by atoms with Crippen LogP contribution in [0.2, 0.25) is 0 Å². The number of nitrogens with zero attached hydrogens (tertiary/aromatic N) is 5. The van der Waals surface area contributed by atoms with Crippen molar-refractivity contribution in [2.75, 3.05) is 33.3 Å². The molecule has 2 aliphatic rings. The number of rotatable bonds is 5. The first-order chi connectivity index (χ1) is 13.6. The fourth-order valence-corrected chi connectivity index (χ4v) is 4.18. The number of nitriles is 1. The third-order valence-corrected chi connectivity index (χ3v) is 5.92. The molecule has 0 spiro atoms. The van der Waals surface area contributed by atoms with Gasteiger partial charge in [-0.15, -0.1) is 0 Å². The van der Waals surface area contributed by atoms with Crippen LogP contribution in [0.15, 0.2) is 30.5 Å². The zero-order valence-corrected chi connectivity index (χ0v) is 16.3. The minimum absolute atomic E-state index is 0.210. The van der Waals surface area contributed by atoms with Crippen LogP contribution in [-0.2, 0) is 11.8 Å². The van der Waals surface area contributed by atoms with Crippen LogP contribution in [-0.4, -0.2) is 58.8 Å². The molecule has 1 atom stereocenters. The lowest BCUT2D eigenvalue weighted by atomic mass is 9.89. The Morgan fingerprint density at radius 1 is 1.32 bits per heavy atom. The van der Waals surface area contributed by atoms with Crippen LogP contribution in [0.5, 0.6) is 5.75 Å². The van der Waals surface area contributed by atoms with Crippen molar-refractivity contribution >= 4 is 5.91 Å². The van der Waals surface area contributed by atoms with Gasteiger partial charge in [-0.25, -0.2) is 0 Å². The molecule has 1 unspecified atom stereocenters. The van der Waals surface area contributed by atoms with E-state index in [9.17, 15) is 4.79 Å². The van der Waals surface area contributed by atoms with Crippen molar-refractivity contribution in [2.24, 2.45) is 13.0 Å². The zero-order chi connectivity index (χ0) is 19.7. The highest BCUT2D eigenvalue weighted by atomic mass is 16.5. The summed E-state index contributed by atoms with van der Waals surface area (Å²) in [6, 6.07) is 8.22. The molecule has 0 saturated carbocycles. The average Bonchev–Trinajstić information content (AvgIpc) is 3.29. The lowest BCUT2D eigenvalue weighted by Gasteiger charge is -2.40. The molecule has 0 radical (unpaired) electrons. The molecule has 146 valence electrons. The smallest absolute Gasteiger partial charge is 0.222 e. The molecule has 28 heavy (non-hydrogen) atoms. The Hall–Kier alpha value is -3.01. The monoisotopic (exact) mass is 379 g/mol. The van der Waals surface area contributed by atoms with E-state index in [4.69, 9.17) is 10.00 Å². The average molecular weight is 379 g/mol. The van der Waals surface area contributed by atoms with E-state index in [1.54, 1.807) is 18.2 Å². The summed E-state index contributed by atoms with van der Waals surface area (Å²) in [6.45, 7) is 3.00. The Kier molecular flexibility index (Phi) is 4.95. The molecule has 2 fully saturated rings. The van der Waals surface area contributed by atoms with Gasteiger partial charge in [0.1, 0.15) is 5.75 Å². The highest BCUT2D eigenvalue weighted by Gasteiger charge is 2.34. The standard InChI is InChI=1S/C21H25N5O2/c1-24-19(5-7-23-24)18-10-16(3-4-20(18)28-2)17-12-26(13-17)21(27)9-15-6-8-25(11-15)14-22/h3-5,7,10,15,17H,6,8-9,11-13H2,1-2H3. The molecule has 0 N–H and O–H groups in total. The van der Waals surface area contributed by atoms with Crippen molar-refractivity contribution in [1.29, 1.82) is 5.26 Å². The first kappa shape index (κ1) is 18.4. The summed E-state index contributed by atoms with van der Waals surface area (Å²) >= 11 is 0. The van der Waals surface area contributed by atoms with E-state index in [-0.39, 0.29) is 5.91 Å². The first-order valence-electron chi connectivity index (χ1n) is 9.67. The quantitative estimate of drug-likeness (QED) is 0.745. The molecule has 0 bridgehead atoms. The molecule has 3 heterocycles. The SMILES string of the molecule is COc1ccc(C2CN(C(=O)CC3CCN(C#N)C3)C2)cc1-c1ccnn1C. The lowest BCUT2D eigenvalue weighted by Crippen LogP contribution is -2.49. The van der Waals surface area contributed by atoms with E-state index < -0.39 is 0 Å². The maximum Gasteiger partial charge on any atom is 0.222 e. The summed E-state index contributed by atoms with van der Waals surface area (Å²) in [6.07, 6.45) is 5.44. The van der Waals surface area contributed by atoms with Crippen molar-refractivity contribution < 1.29 is 9.53 Å². The summed E-state index contributed by atoms with van der Waals surface area (Å²) < 4.78 is 7.37. The fourth-order valence-electron chi connectivity index (χ4n) is 4.18. The van der Waals surface area contributed by atoms with Crippen LogP contribution in [0.3, 0.4) is 0 Å². The molecular weight excluding hydrogens is 354 g/mol. The molecule has 7 nitrogen and oxygen atoms in total. The van der Waals surface area contributed by atoms with E-state index in [0.717, 1.165) is 43.1 Å². The number of likely N-dealkylation sites (tertiary alicyclic amines) is 2. The van der Waals surface area contributed by atoms with Crippen LogP contribution < -0.4 is 4.74 Å². The molecule has 0 aliphatic carbocycles. The second-order valence-electron chi connectivity index (χ2n) is 7.70. The molecular formula is C21H25N5O2. The normalized spacial score (nSPS) is 19.4. The van der Waals surface area contributed by atoms with Crippen molar-refractivity contribution in [1.82, 2.24) is 19.6 Å². The predicted molar refractivity (Wildman–Crippen MR) is 104 cm³/mol. The van der Waals surface area contributed by atoms with E-state index >= 15 is 0 Å². The van der Waals surface area contributed by atoms with Gasteiger partial charge in [-0.05, 0) is 36.1 Å². The van der Waals surface area contributed by atoms with Gasteiger partial charge in [-0.2, -0.15) is 10.4 Å². The molecule has 4 rings (SSSR count). The van der Waals surface area contributed by atoms with Crippen molar-refractivity contribution in [3.63, 3.8) is 0 Å². The van der Waals surface area contributed by atoms with Crippen LogP contribution >= 0.6 is 0 Å². The van der Waals surface area contributed by atoms with Crippen LogP contribution in [0.1, 0.15) is 24.3 Å². The predicted octanol–water partition coefficient (Wildman–Crippen LogP) is 2.21. The second-order valence-corrected chi connectivity index (χ2v) is 7.70. The van der Waals surface area contributed by atoms with Crippen LogP contribution in [0, 0.1) is 17.4 Å². The van der Waals surface area contributed by atoms with E-state index in [1.807, 2.05) is 28.8 Å². The van der Waals surface area contributed by atoms with Gasteiger partial charge in [0, 0.05) is 57.3 Å². The summed E-state index contributed by atoms with van der Waals surface area (Å²) in [4.78, 5) is 16.2. The number of aromatic nitrogens is 2. The summed E-state index contributed by atoms with van der Waals surface area (Å²) in [5.41, 5.74) is 3.25. The number of carbonyl (C=O) groups excluding carboxylic acids is 1. The van der Waals surface area contributed by atoms with Crippen molar-refractivity contribution in [3.8, 4) is 23.2 Å². The number of carbonyl (C=O) groups is 1. The number of hydrogen-bond donors (Lipinski definition) is 0. The van der Waals surface area contributed by atoms with E-state index in [1.165, 1.54) is 5.56 Å². The second kappa shape index (κ2) is 7.55. The maximum absolute atomic E-state index is 12.5. The Morgan fingerprint density at radius 2 is 2.14 bits per heavy atom. The fraction of sp³-hybridized carbons (Fsp3) is 0.476. The molecule has 1 aromatic heterocycles. The van der Waals surface area contributed by atoms with Gasteiger partial charge in [-0.3, -0.25) is 9.48 Å². The van der Waals surface area contributed by atoms with Gasteiger partial charge in [0.25, 0.3) is 0 Å². The van der Waals surface area contributed by atoms with Crippen LogP contribution in [0.4, 0.5) is 0 Å². The highest BCUT2D eigenvalue weighted by Crippen LogP contribution is 2.36. The molecule has 7 heteroatoms. The minimum Gasteiger partial charge on any atom is -0.496 e. The van der Waals surface area contributed by atoms with Crippen molar-refractivity contribution in [3.05, 3.63) is 36.0 Å². The number of methoxy groups -OCH3 is 1. The topological polar surface area (TPSA) is 74.4 Å². The number of hydrogen-bond acceptors (Lipinski definition) is 5. The molecule has 1 amide bonds. The Labute approximate surface area is 165 Å². The minimum atomic E-state index is 0.210. The molecule has 2 aliphatic heterocycles. The number of benzene rings is 1. The lowest BCUT2D eigenvalue weighted by molar-refractivity contribution is -0.136. The zero-order valence-electron chi connectivity index (χ0n) is 16.3. The largest absolute Gasteiger partial charge is 0.496 e. The number of ether oxygens (including phenoxy) is 1. The summed E-state index contributed by atoms with van der Waals surface area (Å²) in [7, 11) is 3.59. The first-order valence-corrected chi connectivity index (χ1v) is 9.67. The van der Waals surface area contributed by atoms with Gasteiger partial charge in [0.05, 0.1) is 12.8 Å². The van der Waals surface area contributed by atoms with Gasteiger partial charge in [0.15, 0.2) is 6.19 Å². The Morgan fingerprint density at radius 3 is 2.79 bits per heavy atom. The Balaban J connectivity index is 1.40. The highest BCUT2D eigenvalue weighted by molar-refractivity contribution is 5.78. The summed E-state index contributed by atoms with van der Waals surface area (Å²) in [5, 5.41) is 13.2. The van der Waals surface area contributed by atoms with Gasteiger partial charge in [-0.1, -0.05) is 6.07 Å². The van der Waals surface area contributed by atoms with Gasteiger partial charge >= 0.3 is 0 Å². The van der Waals surface area contributed by atoms with E-state index in [2.05, 4.69) is 23.4 Å². The molecule has 2 aromatic rings. The number of amides is 1. The molecule has 2 saturated heterocycles.